The molecule has 0 fully saturated rings. The lowest BCUT2D eigenvalue weighted by Gasteiger charge is -2.09. The Kier molecular flexibility index (Phi) is 4.81. The maximum atomic E-state index is 13.1. The van der Waals surface area contributed by atoms with Crippen molar-refractivity contribution in [1.29, 1.82) is 0 Å². The highest BCUT2D eigenvalue weighted by atomic mass is 32.1. The summed E-state index contributed by atoms with van der Waals surface area (Å²) in [6, 6.07) is 7.39. The first-order valence-electron chi connectivity index (χ1n) is 9.35. The Morgan fingerprint density at radius 3 is 2.55 bits per heavy atom. The van der Waals surface area contributed by atoms with Gasteiger partial charge in [0.1, 0.15) is 5.75 Å². The van der Waals surface area contributed by atoms with Crippen LogP contribution < -0.4 is 0 Å². The summed E-state index contributed by atoms with van der Waals surface area (Å²) in [7, 11) is 0. The van der Waals surface area contributed by atoms with E-state index in [9.17, 15) is 18.3 Å². The van der Waals surface area contributed by atoms with Gasteiger partial charge in [0.05, 0.1) is 11.3 Å². The van der Waals surface area contributed by atoms with Gasteiger partial charge in [-0.05, 0) is 60.4 Å². The van der Waals surface area contributed by atoms with Gasteiger partial charge in [-0.1, -0.05) is 25.1 Å². The van der Waals surface area contributed by atoms with Crippen LogP contribution >= 0.6 is 11.3 Å². The molecule has 2 aromatic heterocycles. The van der Waals surface area contributed by atoms with Crippen LogP contribution in [-0.2, 0) is 19.0 Å². The van der Waals surface area contributed by atoms with Crippen molar-refractivity contribution in [2.75, 3.05) is 0 Å². The number of benzene rings is 2. The molecular weight excluding hydrogens is 399 g/mol. The molecule has 0 saturated carbocycles. The highest BCUT2D eigenvalue weighted by Gasteiger charge is 2.31. The molecule has 1 N–H and O–H groups in total. The summed E-state index contributed by atoms with van der Waals surface area (Å²) in [5.41, 5.74) is 2.53. The molecular formula is C22H20F3NO2S. The van der Waals surface area contributed by atoms with Gasteiger partial charge in [-0.3, -0.25) is 0 Å². The van der Waals surface area contributed by atoms with Gasteiger partial charge >= 0.3 is 6.18 Å². The van der Waals surface area contributed by atoms with Crippen LogP contribution in [0.4, 0.5) is 13.2 Å². The zero-order valence-electron chi connectivity index (χ0n) is 16.2. The first-order chi connectivity index (χ1) is 13.6. The van der Waals surface area contributed by atoms with E-state index in [4.69, 9.17) is 4.52 Å². The second-order valence-corrected chi connectivity index (χ2v) is 8.70. The van der Waals surface area contributed by atoms with Gasteiger partial charge in [0, 0.05) is 21.0 Å². The van der Waals surface area contributed by atoms with Gasteiger partial charge in [-0.15, -0.1) is 11.3 Å². The predicted octanol–water partition coefficient (Wildman–Crippen LogP) is 6.98. The molecule has 0 unspecified atom stereocenters. The van der Waals surface area contributed by atoms with Crippen molar-refractivity contribution >= 4 is 32.4 Å². The molecule has 0 amide bonds. The number of hydrogen-bond donors (Lipinski definition) is 1. The number of aryl methyl sites for hydroxylation is 3. The van der Waals surface area contributed by atoms with Crippen LogP contribution in [0, 0.1) is 6.92 Å². The predicted molar refractivity (Wildman–Crippen MR) is 109 cm³/mol. The van der Waals surface area contributed by atoms with E-state index in [1.165, 1.54) is 17.4 Å². The third-order valence-electron chi connectivity index (χ3n) is 5.16. The molecule has 0 bridgehead atoms. The maximum absolute atomic E-state index is 13.1. The Labute approximate surface area is 169 Å². The van der Waals surface area contributed by atoms with Crippen LogP contribution in [0.15, 0.2) is 34.9 Å². The highest BCUT2D eigenvalue weighted by Crippen LogP contribution is 2.40. The third-order valence-corrected chi connectivity index (χ3v) is 6.39. The molecule has 0 saturated heterocycles. The molecule has 3 nitrogen and oxygen atoms in total. The fourth-order valence-electron chi connectivity index (χ4n) is 3.71. The summed E-state index contributed by atoms with van der Waals surface area (Å²) in [6.45, 7) is 5.92. The second-order valence-electron chi connectivity index (χ2n) is 7.57. The average molecular weight is 419 g/mol. The lowest BCUT2D eigenvalue weighted by molar-refractivity contribution is -0.137. The number of alkyl halides is 3. The number of hydrogen-bond acceptors (Lipinski definition) is 4. The van der Waals surface area contributed by atoms with Crippen molar-refractivity contribution in [3.8, 4) is 5.75 Å². The van der Waals surface area contributed by atoms with Crippen LogP contribution in [0.25, 0.3) is 21.1 Å². The number of aromatic hydroxyl groups is 1. The molecule has 4 rings (SSSR count). The van der Waals surface area contributed by atoms with Crippen molar-refractivity contribution in [2.24, 2.45) is 0 Å². The lowest BCUT2D eigenvalue weighted by Crippen LogP contribution is -2.03. The largest absolute Gasteiger partial charge is 0.508 e. The standard InChI is InChI=1S/C22H20F3NO2S/c1-11(2)21-14-5-4-13(22(23,24)25)9-20(14)29-19(21)7-6-16-15-8-12(3)17(27)10-18(15)28-26-16/h4-5,8-11,27H,6-7H2,1-3H3. The normalized spacial score (nSPS) is 12.5. The summed E-state index contributed by atoms with van der Waals surface area (Å²) >= 11 is 1.42. The van der Waals surface area contributed by atoms with Gasteiger partial charge in [0.15, 0.2) is 5.58 Å². The number of nitrogens with zero attached hydrogens (tertiary/aromatic N) is 1. The first-order valence-corrected chi connectivity index (χ1v) is 10.2. The summed E-state index contributed by atoms with van der Waals surface area (Å²) < 4.78 is 45.3. The molecule has 0 aliphatic rings. The Bertz CT molecular complexity index is 1200. The number of aromatic nitrogens is 1. The van der Waals surface area contributed by atoms with Crippen LogP contribution in [0.1, 0.15) is 47.0 Å². The minimum Gasteiger partial charge on any atom is -0.508 e. The molecule has 29 heavy (non-hydrogen) atoms. The summed E-state index contributed by atoms with van der Waals surface area (Å²) in [4.78, 5) is 1.07. The number of phenolic OH excluding ortho intramolecular Hbond substituents is 1. The summed E-state index contributed by atoms with van der Waals surface area (Å²) in [5, 5.41) is 15.7. The molecule has 152 valence electrons. The number of rotatable bonds is 4. The molecule has 0 aliphatic carbocycles. The minimum atomic E-state index is -4.35. The van der Waals surface area contributed by atoms with E-state index in [2.05, 4.69) is 19.0 Å². The Hall–Kier alpha value is -2.54. The Morgan fingerprint density at radius 1 is 1.10 bits per heavy atom. The fourth-order valence-corrected chi connectivity index (χ4v) is 5.11. The van der Waals surface area contributed by atoms with Gasteiger partial charge in [0.2, 0.25) is 0 Å². The van der Waals surface area contributed by atoms with E-state index < -0.39 is 11.7 Å². The van der Waals surface area contributed by atoms with E-state index >= 15 is 0 Å². The van der Waals surface area contributed by atoms with E-state index in [0.717, 1.165) is 38.5 Å². The smallest absolute Gasteiger partial charge is 0.416 e. The van der Waals surface area contributed by atoms with Crippen LogP contribution in [0.5, 0.6) is 5.75 Å². The molecule has 0 spiro atoms. The van der Waals surface area contributed by atoms with Crippen LogP contribution in [0.3, 0.4) is 0 Å². The van der Waals surface area contributed by atoms with Gasteiger partial charge < -0.3 is 9.63 Å². The van der Waals surface area contributed by atoms with Crippen molar-refractivity contribution < 1.29 is 22.8 Å². The number of halogens is 3. The van der Waals surface area contributed by atoms with Gasteiger partial charge in [-0.2, -0.15) is 13.2 Å². The van der Waals surface area contributed by atoms with E-state index in [-0.39, 0.29) is 11.7 Å². The first kappa shape index (κ1) is 19.8. The highest BCUT2D eigenvalue weighted by molar-refractivity contribution is 7.19. The molecule has 0 aliphatic heterocycles. The van der Waals surface area contributed by atoms with Gasteiger partial charge in [0.25, 0.3) is 0 Å². The van der Waals surface area contributed by atoms with Crippen molar-refractivity contribution in [3.63, 3.8) is 0 Å². The molecule has 2 heterocycles. The Morgan fingerprint density at radius 2 is 1.86 bits per heavy atom. The monoisotopic (exact) mass is 419 g/mol. The zero-order valence-corrected chi connectivity index (χ0v) is 17.0. The summed E-state index contributed by atoms with van der Waals surface area (Å²) in [6.07, 6.45) is -3.08. The second kappa shape index (κ2) is 7.06. The fraction of sp³-hybridized carbons (Fsp3) is 0.318. The van der Waals surface area contributed by atoms with Crippen molar-refractivity contribution in [1.82, 2.24) is 5.16 Å². The average Bonchev–Trinajstić information content (AvgIpc) is 3.19. The van der Waals surface area contributed by atoms with E-state index in [1.807, 2.05) is 13.0 Å². The summed E-state index contributed by atoms with van der Waals surface area (Å²) in [5.74, 6) is 0.357. The molecule has 4 aromatic rings. The van der Waals surface area contributed by atoms with Crippen molar-refractivity contribution in [2.45, 2.75) is 45.7 Å². The van der Waals surface area contributed by atoms with Crippen molar-refractivity contribution in [3.05, 3.63) is 57.6 Å². The molecule has 0 radical (unpaired) electrons. The SMILES string of the molecule is Cc1cc2c(CCc3sc4cc(C(F)(F)F)ccc4c3C(C)C)noc2cc1O. The number of phenols is 1. The van der Waals surface area contributed by atoms with Gasteiger partial charge in [-0.25, -0.2) is 0 Å². The van der Waals surface area contributed by atoms with Crippen LogP contribution in [-0.4, -0.2) is 10.3 Å². The van der Waals surface area contributed by atoms with E-state index in [0.29, 0.717) is 23.1 Å². The van der Waals surface area contributed by atoms with Crippen LogP contribution in [0.2, 0.25) is 0 Å². The third kappa shape index (κ3) is 3.59. The minimum absolute atomic E-state index is 0.160. The zero-order chi connectivity index (χ0) is 20.9. The quantitative estimate of drug-likeness (QED) is 0.388. The lowest BCUT2D eigenvalue weighted by atomic mass is 9.96. The molecule has 2 aromatic carbocycles. The topological polar surface area (TPSA) is 46.3 Å². The molecule has 0 atom stereocenters. The Balaban J connectivity index is 1.70. The van der Waals surface area contributed by atoms with E-state index in [1.54, 1.807) is 12.1 Å². The maximum Gasteiger partial charge on any atom is 0.416 e. The number of fused-ring (bicyclic) bond motifs is 2. The molecule has 7 heteroatoms. The number of thiophene rings is 1.